The van der Waals surface area contributed by atoms with E-state index in [9.17, 15) is 13.2 Å². The Morgan fingerprint density at radius 2 is 1.85 bits per heavy atom. The highest BCUT2D eigenvalue weighted by atomic mass is 35.5. The molecule has 0 bridgehead atoms. The molecule has 1 heterocycles. The topological polar surface area (TPSA) is 78.5 Å². The third-order valence-corrected chi connectivity index (χ3v) is 6.76. The Kier molecular flexibility index (Phi) is 7.30. The van der Waals surface area contributed by atoms with E-state index in [2.05, 4.69) is 28.8 Å². The molecule has 0 spiro atoms. The fourth-order valence-electron chi connectivity index (χ4n) is 3.23. The maximum absolute atomic E-state index is 12.7. The lowest BCUT2D eigenvalue weighted by Crippen LogP contribution is -2.53. The number of likely N-dealkylation sites (tertiary alicyclic amines) is 1. The summed E-state index contributed by atoms with van der Waals surface area (Å²) < 4.78 is 27.2. The van der Waals surface area contributed by atoms with Crippen molar-refractivity contribution in [3.05, 3.63) is 28.8 Å². The van der Waals surface area contributed by atoms with Crippen molar-refractivity contribution in [1.29, 1.82) is 0 Å². The number of hydrogen-bond acceptors (Lipinski definition) is 4. The lowest BCUT2D eigenvalue weighted by molar-refractivity contribution is 0.0797. The Labute approximate surface area is 167 Å². The van der Waals surface area contributed by atoms with Gasteiger partial charge in [-0.25, -0.2) is 13.1 Å². The predicted octanol–water partition coefficient (Wildman–Crippen LogP) is 3.02. The number of sulfonamides is 1. The molecule has 1 aromatic rings. The minimum absolute atomic E-state index is 0.0287. The highest BCUT2D eigenvalue weighted by molar-refractivity contribution is 7.89. The minimum atomic E-state index is -3.69. The Hall–Kier alpha value is -1.15. The third-order valence-electron chi connectivity index (χ3n) is 4.78. The molecule has 0 unspecified atom stereocenters. The average Bonchev–Trinajstić information content (AvgIpc) is 2.59. The van der Waals surface area contributed by atoms with Crippen LogP contribution in [-0.4, -0.2) is 50.4 Å². The van der Waals surface area contributed by atoms with Crippen LogP contribution in [0.25, 0.3) is 0 Å². The molecular weight excluding hydrogens is 386 g/mol. The first kappa shape index (κ1) is 22.1. The lowest BCUT2D eigenvalue weighted by atomic mass is 9.98. The number of halogens is 1. The van der Waals surface area contributed by atoms with Crippen LogP contribution in [0.4, 0.5) is 0 Å². The van der Waals surface area contributed by atoms with Crippen molar-refractivity contribution in [3.8, 4) is 0 Å². The Morgan fingerprint density at radius 3 is 2.44 bits per heavy atom. The van der Waals surface area contributed by atoms with Gasteiger partial charge < -0.3 is 5.32 Å². The number of nitrogens with one attached hydrogen (secondary N) is 2. The fourth-order valence-corrected chi connectivity index (χ4v) is 4.71. The standard InChI is InChI=1S/C19H30ClN3O3S/c1-14(2)22-27(25,26)15-8-9-17(20)16(12-15)18(24)21-13-19(3,4)23-10-6-5-7-11-23/h8-9,12,14,22H,5-7,10-11,13H2,1-4H3,(H,21,24). The van der Waals surface area contributed by atoms with E-state index in [4.69, 9.17) is 11.6 Å². The Morgan fingerprint density at radius 1 is 1.22 bits per heavy atom. The van der Waals surface area contributed by atoms with Crippen LogP contribution in [0.1, 0.15) is 57.3 Å². The van der Waals surface area contributed by atoms with Gasteiger partial charge in [0.25, 0.3) is 5.91 Å². The van der Waals surface area contributed by atoms with E-state index in [-0.39, 0.29) is 33.0 Å². The molecule has 1 aromatic carbocycles. The number of nitrogens with zero attached hydrogens (tertiary/aromatic N) is 1. The maximum atomic E-state index is 12.7. The van der Waals surface area contributed by atoms with Crippen molar-refractivity contribution in [2.45, 2.75) is 63.4 Å². The number of carbonyl (C=O) groups is 1. The Balaban J connectivity index is 2.12. The van der Waals surface area contributed by atoms with Gasteiger partial charge in [-0.2, -0.15) is 0 Å². The fraction of sp³-hybridized carbons (Fsp3) is 0.632. The van der Waals surface area contributed by atoms with Gasteiger partial charge in [-0.3, -0.25) is 9.69 Å². The van der Waals surface area contributed by atoms with E-state index in [0.29, 0.717) is 6.54 Å². The number of rotatable bonds is 7. The van der Waals surface area contributed by atoms with Crippen molar-refractivity contribution >= 4 is 27.5 Å². The normalized spacial score (nSPS) is 16.5. The summed E-state index contributed by atoms with van der Waals surface area (Å²) in [6, 6.07) is 3.94. The zero-order valence-electron chi connectivity index (χ0n) is 16.5. The molecule has 2 rings (SSSR count). The van der Waals surface area contributed by atoms with Gasteiger partial charge in [0.1, 0.15) is 0 Å². The average molecular weight is 416 g/mol. The van der Waals surface area contributed by atoms with Crippen LogP contribution in [0.5, 0.6) is 0 Å². The number of amides is 1. The molecule has 1 amide bonds. The highest BCUT2D eigenvalue weighted by Gasteiger charge is 2.29. The van der Waals surface area contributed by atoms with E-state index < -0.39 is 10.0 Å². The maximum Gasteiger partial charge on any atom is 0.252 e. The van der Waals surface area contributed by atoms with Crippen molar-refractivity contribution in [3.63, 3.8) is 0 Å². The highest BCUT2D eigenvalue weighted by Crippen LogP contribution is 2.22. The molecule has 1 aliphatic heterocycles. The van der Waals surface area contributed by atoms with E-state index in [1.807, 2.05) is 0 Å². The third kappa shape index (κ3) is 5.91. The molecule has 8 heteroatoms. The summed E-state index contributed by atoms with van der Waals surface area (Å²) in [7, 11) is -3.69. The molecule has 1 aliphatic rings. The van der Waals surface area contributed by atoms with Crippen LogP contribution in [0.15, 0.2) is 23.1 Å². The number of carbonyl (C=O) groups excluding carboxylic acids is 1. The van der Waals surface area contributed by atoms with Crippen LogP contribution in [0.3, 0.4) is 0 Å². The van der Waals surface area contributed by atoms with E-state index in [0.717, 1.165) is 13.1 Å². The van der Waals surface area contributed by atoms with Crippen LogP contribution >= 0.6 is 11.6 Å². The first-order chi connectivity index (χ1) is 12.5. The molecule has 152 valence electrons. The summed E-state index contributed by atoms with van der Waals surface area (Å²) in [6.07, 6.45) is 3.60. The molecule has 0 saturated carbocycles. The van der Waals surface area contributed by atoms with E-state index in [1.165, 1.54) is 37.5 Å². The number of benzene rings is 1. The molecule has 0 radical (unpaired) electrons. The van der Waals surface area contributed by atoms with Crippen molar-refractivity contribution in [2.24, 2.45) is 0 Å². The zero-order valence-corrected chi connectivity index (χ0v) is 18.1. The van der Waals surface area contributed by atoms with Gasteiger partial charge in [0, 0.05) is 18.1 Å². The molecule has 2 N–H and O–H groups in total. The predicted molar refractivity (Wildman–Crippen MR) is 109 cm³/mol. The van der Waals surface area contributed by atoms with Crippen molar-refractivity contribution in [1.82, 2.24) is 14.9 Å². The smallest absolute Gasteiger partial charge is 0.252 e. The summed E-state index contributed by atoms with van der Waals surface area (Å²) in [5.74, 6) is -0.369. The molecule has 0 atom stereocenters. The molecule has 1 saturated heterocycles. The van der Waals surface area contributed by atoms with Gasteiger partial charge in [-0.05, 0) is 71.8 Å². The van der Waals surface area contributed by atoms with Crippen LogP contribution < -0.4 is 10.0 Å². The second-order valence-corrected chi connectivity index (χ2v) is 10.1. The van der Waals surface area contributed by atoms with E-state index >= 15 is 0 Å². The van der Waals surface area contributed by atoms with Crippen LogP contribution in [0, 0.1) is 0 Å². The van der Waals surface area contributed by atoms with Crippen LogP contribution in [-0.2, 0) is 10.0 Å². The lowest BCUT2D eigenvalue weighted by Gasteiger charge is -2.41. The molecule has 0 aliphatic carbocycles. The molecular formula is C19H30ClN3O3S. The first-order valence-electron chi connectivity index (χ1n) is 9.38. The molecule has 6 nitrogen and oxygen atoms in total. The largest absolute Gasteiger partial charge is 0.350 e. The molecule has 0 aromatic heterocycles. The molecule has 27 heavy (non-hydrogen) atoms. The second-order valence-electron chi connectivity index (χ2n) is 7.96. The Bertz CT molecular complexity index is 772. The second kappa shape index (κ2) is 8.90. The zero-order chi connectivity index (χ0) is 20.2. The number of hydrogen-bond donors (Lipinski definition) is 2. The summed E-state index contributed by atoms with van der Waals surface area (Å²) >= 11 is 6.16. The quantitative estimate of drug-likeness (QED) is 0.717. The van der Waals surface area contributed by atoms with Gasteiger partial charge in [-0.1, -0.05) is 18.0 Å². The summed E-state index contributed by atoms with van der Waals surface area (Å²) in [5.41, 5.74) is -0.0106. The minimum Gasteiger partial charge on any atom is -0.350 e. The first-order valence-corrected chi connectivity index (χ1v) is 11.2. The van der Waals surface area contributed by atoms with Gasteiger partial charge in [0.15, 0.2) is 0 Å². The number of piperidine rings is 1. The van der Waals surface area contributed by atoms with Crippen molar-refractivity contribution < 1.29 is 13.2 Å². The SMILES string of the molecule is CC(C)NS(=O)(=O)c1ccc(Cl)c(C(=O)NCC(C)(C)N2CCCCC2)c1. The summed E-state index contributed by atoms with van der Waals surface area (Å²) in [6.45, 7) is 10.2. The van der Waals surface area contributed by atoms with Gasteiger partial charge in [0.2, 0.25) is 10.0 Å². The van der Waals surface area contributed by atoms with E-state index in [1.54, 1.807) is 13.8 Å². The molecule has 1 fully saturated rings. The van der Waals surface area contributed by atoms with Crippen LogP contribution in [0.2, 0.25) is 5.02 Å². The van der Waals surface area contributed by atoms with Gasteiger partial charge in [0.05, 0.1) is 15.5 Å². The monoisotopic (exact) mass is 415 g/mol. The summed E-state index contributed by atoms with van der Waals surface area (Å²) in [4.78, 5) is 15.1. The van der Waals surface area contributed by atoms with Gasteiger partial charge in [-0.15, -0.1) is 0 Å². The van der Waals surface area contributed by atoms with Gasteiger partial charge >= 0.3 is 0 Å². The summed E-state index contributed by atoms with van der Waals surface area (Å²) in [5, 5.41) is 3.15. The van der Waals surface area contributed by atoms with Crippen molar-refractivity contribution in [2.75, 3.05) is 19.6 Å².